The molecular weight excluding hydrogens is 997 g/mol. The first kappa shape index (κ1) is 56.4. The maximum absolute atomic E-state index is 14.9. The molecule has 16 nitrogen and oxygen atoms in total. The molecule has 4 aliphatic heterocycles. The quantitative estimate of drug-likeness (QED) is 0.0720. The van der Waals surface area contributed by atoms with Gasteiger partial charge in [-0.05, 0) is 111 Å². The fourth-order valence-corrected chi connectivity index (χ4v) is 10.1. The number of amides is 2. The molecule has 4 heterocycles. The number of halogens is 4. The highest BCUT2D eigenvalue weighted by Gasteiger charge is 2.42. The molecule has 4 fully saturated rings. The number of aliphatic hydroxyl groups is 2. The highest BCUT2D eigenvalue weighted by molar-refractivity contribution is 5.91. The molecule has 20 heteroatoms. The lowest BCUT2D eigenvalue weighted by atomic mass is 9.99. The first-order valence-electron chi connectivity index (χ1n) is 26.0. The number of rotatable bonds is 21. The predicted octanol–water partition coefficient (Wildman–Crippen LogP) is 6.13. The van der Waals surface area contributed by atoms with Crippen molar-refractivity contribution in [3.63, 3.8) is 0 Å². The van der Waals surface area contributed by atoms with E-state index in [0.717, 1.165) is 63.0 Å². The number of benzene rings is 4. The number of esters is 2. The van der Waals surface area contributed by atoms with E-state index in [2.05, 4.69) is 9.80 Å². The van der Waals surface area contributed by atoms with Crippen LogP contribution in [0.25, 0.3) is 0 Å². The third-order valence-electron chi connectivity index (χ3n) is 14.6. The Morgan fingerprint density at radius 1 is 0.513 bits per heavy atom. The van der Waals surface area contributed by atoms with Crippen LogP contribution >= 0.6 is 0 Å². The zero-order chi connectivity index (χ0) is 53.6. The zero-order valence-corrected chi connectivity index (χ0v) is 42.3. The van der Waals surface area contributed by atoms with E-state index in [4.69, 9.17) is 28.4 Å². The van der Waals surface area contributed by atoms with Crippen LogP contribution in [0.2, 0.25) is 0 Å². The predicted molar refractivity (Wildman–Crippen MR) is 265 cm³/mol. The Morgan fingerprint density at radius 2 is 0.842 bits per heavy atom. The molecule has 0 aliphatic carbocycles. The number of carbonyl (C=O) groups excluding carboxylic acids is 4. The second kappa shape index (κ2) is 27.5. The van der Waals surface area contributed by atoms with Crippen LogP contribution in [0.5, 0.6) is 0 Å². The molecule has 2 N–H and O–H groups in total. The van der Waals surface area contributed by atoms with E-state index in [-0.39, 0.29) is 50.0 Å². The largest absolute Gasteiger partial charge is 0.445 e. The number of piperidine rings is 2. The summed E-state index contributed by atoms with van der Waals surface area (Å²) in [5.41, 5.74) is 1.12. The van der Waals surface area contributed by atoms with Gasteiger partial charge in [0.1, 0.15) is 36.9 Å². The average Bonchev–Trinajstić information content (AvgIpc) is 3.45. The van der Waals surface area contributed by atoms with Gasteiger partial charge in [0.2, 0.25) is 12.2 Å². The van der Waals surface area contributed by atoms with Crippen molar-refractivity contribution >= 4 is 23.8 Å². The Labute approximate surface area is 439 Å². The van der Waals surface area contributed by atoms with E-state index in [9.17, 15) is 47.0 Å². The molecule has 0 bridgehead atoms. The monoisotopic (exact) mass is 1060 g/mol. The minimum atomic E-state index is -2.69. The van der Waals surface area contributed by atoms with Crippen molar-refractivity contribution in [2.24, 2.45) is 0 Å². The van der Waals surface area contributed by atoms with Gasteiger partial charge >= 0.3 is 11.9 Å². The smallest absolute Gasteiger partial charge is 0.339 e. The summed E-state index contributed by atoms with van der Waals surface area (Å²) in [5.74, 6) is -7.11. The summed E-state index contributed by atoms with van der Waals surface area (Å²) < 4.78 is 90.3. The molecule has 4 aliphatic rings. The van der Waals surface area contributed by atoms with Crippen LogP contribution in [-0.4, -0.2) is 156 Å². The first-order chi connectivity index (χ1) is 36.8. The zero-order valence-electron chi connectivity index (χ0n) is 42.3. The number of ether oxygens (including phenoxy) is 6. The van der Waals surface area contributed by atoms with Crippen molar-refractivity contribution in [3.05, 3.63) is 143 Å². The second-order valence-corrected chi connectivity index (χ2v) is 19.7. The topological polar surface area (TPSA) is 177 Å². The summed E-state index contributed by atoms with van der Waals surface area (Å²) in [6.07, 6.45) is -3.75. The van der Waals surface area contributed by atoms with Crippen LogP contribution < -0.4 is 0 Å². The molecule has 0 saturated carbocycles. The van der Waals surface area contributed by atoms with Gasteiger partial charge in [0, 0.05) is 75.6 Å². The van der Waals surface area contributed by atoms with Crippen molar-refractivity contribution in [2.45, 2.75) is 113 Å². The molecule has 76 heavy (non-hydrogen) atoms. The Balaban J connectivity index is 0.987. The molecular formula is C56H66F4N4O12. The molecule has 0 aromatic heterocycles. The summed E-state index contributed by atoms with van der Waals surface area (Å²) in [6, 6.07) is 19.3. The minimum Gasteiger partial charge on any atom is -0.445 e. The van der Waals surface area contributed by atoms with Gasteiger partial charge in [-0.15, -0.1) is 0 Å². The van der Waals surface area contributed by atoms with Crippen LogP contribution in [0.1, 0.15) is 85.8 Å². The van der Waals surface area contributed by atoms with Gasteiger partial charge in [0.05, 0.1) is 25.4 Å². The highest BCUT2D eigenvalue weighted by atomic mass is 19.1. The van der Waals surface area contributed by atoms with Crippen molar-refractivity contribution in [2.75, 3.05) is 66.1 Å². The van der Waals surface area contributed by atoms with E-state index in [1.54, 1.807) is 0 Å². The maximum atomic E-state index is 14.9. The summed E-state index contributed by atoms with van der Waals surface area (Å²) >= 11 is 0. The summed E-state index contributed by atoms with van der Waals surface area (Å²) in [6.45, 7) is 5.58. The van der Waals surface area contributed by atoms with Crippen LogP contribution in [0.4, 0.5) is 17.6 Å². The van der Waals surface area contributed by atoms with Crippen LogP contribution in [0.15, 0.2) is 97.1 Å². The minimum absolute atomic E-state index is 0.00408. The normalized spacial score (nSPS) is 20.7. The second-order valence-electron chi connectivity index (χ2n) is 19.7. The fraction of sp³-hybridized carbons (Fsp3) is 0.500. The molecule has 4 aromatic carbocycles. The Kier molecular flexibility index (Phi) is 20.4. The highest BCUT2D eigenvalue weighted by Crippen LogP contribution is 2.31. The molecule has 6 atom stereocenters. The summed E-state index contributed by atoms with van der Waals surface area (Å²) in [7, 11) is 0. The fourth-order valence-electron chi connectivity index (χ4n) is 10.1. The van der Waals surface area contributed by atoms with Gasteiger partial charge < -0.3 is 58.2 Å². The molecule has 8 rings (SSSR count). The molecule has 0 radical (unpaired) electrons. The number of hydrogen-bond acceptors (Lipinski definition) is 14. The summed E-state index contributed by atoms with van der Waals surface area (Å²) in [5, 5.41) is 22.8. The first-order valence-corrected chi connectivity index (χ1v) is 26.0. The molecule has 4 aromatic rings. The molecule has 4 saturated heterocycles. The average molecular weight is 1060 g/mol. The third-order valence-corrected chi connectivity index (χ3v) is 14.6. The SMILES string of the molecule is O=C(OC(C(=O)N(Cc1ccc(F)cc1)C1CCN(CCC2CCOCO2)CC1)c1ccc(F)cc1)C(O)C(O)C(=O)OC(C(=O)N(Cc1ccc(F)cc1)C1CCN(CCC2CCOCO2)CC1)c1ccc(F)cc1. The van der Waals surface area contributed by atoms with Crippen molar-refractivity contribution in [1.29, 1.82) is 0 Å². The molecule has 6 unspecified atom stereocenters. The van der Waals surface area contributed by atoms with Crippen molar-refractivity contribution in [3.8, 4) is 0 Å². The van der Waals surface area contributed by atoms with Gasteiger partial charge in [-0.25, -0.2) is 27.2 Å². The lowest BCUT2D eigenvalue weighted by Crippen LogP contribution is -2.50. The number of aliphatic hydroxyl groups excluding tert-OH is 2. The van der Waals surface area contributed by atoms with Gasteiger partial charge in [0.15, 0.2) is 12.2 Å². The van der Waals surface area contributed by atoms with Gasteiger partial charge in [-0.2, -0.15) is 0 Å². The van der Waals surface area contributed by atoms with E-state index >= 15 is 0 Å². The Morgan fingerprint density at radius 3 is 1.16 bits per heavy atom. The van der Waals surface area contributed by atoms with Crippen LogP contribution in [0, 0.1) is 23.3 Å². The van der Waals surface area contributed by atoms with E-state index < -0.39 is 83.5 Å². The van der Waals surface area contributed by atoms with Crippen LogP contribution in [-0.2, 0) is 60.7 Å². The molecule has 2 amide bonds. The Bertz CT molecular complexity index is 2310. The summed E-state index contributed by atoms with van der Waals surface area (Å²) in [4.78, 5) is 65.4. The molecule has 410 valence electrons. The lowest BCUT2D eigenvalue weighted by molar-refractivity contribution is -0.184. The van der Waals surface area contributed by atoms with E-state index in [1.807, 2.05) is 0 Å². The van der Waals surface area contributed by atoms with Crippen molar-refractivity contribution < 1.29 is 75.4 Å². The number of likely N-dealkylation sites (tertiary alicyclic amines) is 2. The maximum Gasteiger partial charge on any atom is 0.339 e. The number of nitrogens with zero attached hydrogens (tertiary/aromatic N) is 4. The number of hydrogen-bond donors (Lipinski definition) is 2. The molecule has 0 spiro atoms. The van der Waals surface area contributed by atoms with Crippen molar-refractivity contribution in [1.82, 2.24) is 19.6 Å². The lowest BCUT2D eigenvalue weighted by Gasteiger charge is -2.40. The van der Waals surface area contributed by atoms with Gasteiger partial charge in [0.25, 0.3) is 11.8 Å². The van der Waals surface area contributed by atoms with E-state index in [0.29, 0.717) is 76.2 Å². The van der Waals surface area contributed by atoms with E-state index in [1.165, 1.54) is 82.6 Å². The third kappa shape index (κ3) is 15.6. The van der Waals surface area contributed by atoms with Crippen LogP contribution in [0.3, 0.4) is 0 Å². The van der Waals surface area contributed by atoms with Gasteiger partial charge in [-0.3, -0.25) is 9.59 Å². The van der Waals surface area contributed by atoms with Gasteiger partial charge in [-0.1, -0.05) is 48.5 Å². The standard InChI is InChI=1S/C56H66F4N4O12/c57-41-9-1-37(2-10-41)33-63(45-17-25-61(26-18-45)29-21-47-23-31-71-35-73-47)53(67)51(39-5-13-43(59)14-6-39)75-55(69)49(65)50(66)56(70)76-52(40-7-15-44(60)16-8-40)54(68)64(34-38-3-11-42(58)12-4-38)46-19-27-62(28-20-46)30-22-48-24-32-72-36-74-48/h1-16,45-52,65-66H,17-36H2. The number of carbonyl (C=O) groups is 4. The Hall–Kier alpha value is -5.84.